The van der Waals surface area contributed by atoms with E-state index in [4.69, 9.17) is 19.3 Å². The Morgan fingerprint density at radius 3 is 1.36 bits per heavy atom. The molecule has 0 spiro atoms. The van der Waals surface area contributed by atoms with E-state index in [2.05, 4.69) is 26.3 Å². The van der Waals surface area contributed by atoms with Gasteiger partial charge in [0, 0.05) is 17.8 Å². The summed E-state index contributed by atoms with van der Waals surface area (Å²) >= 11 is 0. The average molecular weight is 316 g/mol. The van der Waals surface area contributed by atoms with Gasteiger partial charge >= 0.3 is 11.9 Å². The molecule has 0 aliphatic heterocycles. The van der Waals surface area contributed by atoms with Crippen LogP contribution < -0.4 is 0 Å². The zero-order valence-corrected chi connectivity index (χ0v) is 13.9. The van der Waals surface area contributed by atoms with Crippen LogP contribution in [-0.2, 0) is 23.8 Å². The van der Waals surface area contributed by atoms with Crippen LogP contribution in [0.25, 0.3) is 0 Å². The second-order valence-corrected chi connectivity index (χ2v) is 3.76. The maximum Gasteiger partial charge on any atom is 0.333 e. The Morgan fingerprint density at radius 1 is 0.864 bits per heavy atom. The highest BCUT2D eigenvalue weighted by Gasteiger charge is 2.03. The van der Waals surface area contributed by atoms with E-state index in [1.54, 1.807) is 20.8 Å². The zero-order valence-electron chi connectivity index (χ0n) is 13.9. The van der Waals surface area contributed by atoms with Crippen LogP contribution in [0.2, 0.25) is 0 Å². The molecular weight excluding hydrogens is 288 g/mol. The summed E-state index contributed by atoms with van der Waals surface area (Å²) in [6.07, 6.45) is 0. The molecule has 0 saturated carbocycles. The topological polar surface area (TPSA) is 82.1 Å². The van der Waals surface area contributed by atoms with Gasteiger partial charge in [-0.05, 0) is 20.8 Å². The van der Waals surface area contributed by atoms with E-state index in [1.807, 2.05) is 0 Å². The Labute approximate surface area is 133 Å². The number of hydrogen-bond acceptors (Lipinski definition) is 6. The second-order valence-electron chi connectivity index (χ2n) is 3.76. The van der Waals surface area contributed by atoms with Crippen LogP contribution in [0.3, 0.4) is 0 Å². The van der Waals surface area contributed by atoms with Crippen molar-refractivity contribution in [3.8, 4) is 0 Å². The van der Waals surface area contributed by atoms with Crippen LogP contribution in [0, 0.1) is 0 Å². The smallest absolute Gasteiger partial charge is 0.333 e. The Morgan fingerprint density at radius 2 is 1.14 bits per heavy atom. The fourth-order valence-corrected chi connectivity index (χ4v) is 0.735. The monoisotopic (exact) mass is 316 g/mol. The summed E-state index contributed by atoms with van der Waals surface area (Å²) in [7, 11) is 0. The van der Waals surface area contributed by atoms with Crippen molar-refractivity contribution in [3.63, 3.8) is 0 Å². The Balaban J connectivity index is -0.000000637. The van der Waals surface area contributed by atoms with Crippen molar-refractivity contribution < 1.29 is 28.9 Å². The molecule has 0 rings (SSSR count). The number of aliphatic hydroxyl groups excluding tert-OH is 1. The molecule has 0 aliphatic rings. The molecule has 0 aromatic heterocycles. The average Bonchev–Trinajstić information content (AvgIpc) is 2.48. The fraction of sp³-hybridized carbons (Fsp3) is 0.500. The lowest BCUT2D eigenvalue weighted by Crippen LogP contribution is -2.14. The summed E-state index contributed by atoms with van der Waals surface area (Å²) in [5.74, 6) is -0.885. The highest BCUT2D eigenvalue weighted by atomic mass is 16.6. The molecule has 0 saturated heterocycles. The fourth-order valence-electron chi connectivity index (χ4n) is 0.735. The normalized spacial score (nSPS) is 8.36. The molecule has 0 aromatic carbocycles. The Kier molecular flexibility index (Phi) is 21.7. The minimum Gasteiger partial charge on any atom is -0.460 e. The van der Waals surface area contributed by atoms with Gasteiger partial charge in [-0.25, -0.2) is 9.59 Å². The Bertz CT molecular complexity index is 306. The summed E-state index contributed by atoms with van der Waals surface area (Å²) in [5.41, 5.74) is 0.695. The first-order valence-electron chi connectivity index (χ1n) is 6.70. The molecule has 22 heavy (non-hydrogen) atoms. The van der Waals surface area contributed by atoms with Crippen LogP contribution >= 0.6 is 0 Å². The van der Waals surface area contributed by atoms with Crippen LogP contribution in [0.5, 0.6) is 0 Å². The molecule has 0 radical (unpaired) electrons. The first kappa shape index (κ1) is 25.1. The predicted molar refractivity (Wildman–Crippen MR) is 86.4 cm³/mol. The van der Waals surface area contributed by atoms with Crippen LogP contribution in [0.15, 0.2) is 37.5 Å². The van der Waals surface area contributed by atoms with Gasteiger partial charge in [0.15, 0.2) is 0 Å². The second kappa shape index (κ2) is 19.1. The van der Waals surface area contributed by atoms with Crippen molar-refractivity contribution in [2.24, 2.45) is 0 Å². The van der Waals surface area contributed by atoms with Gasteiger partial charge in [-0.1, -0.05) is 13.2 Å². The van der Waals surface area contributed by atoms with Crippen molar-refractivity contribution in [1.82, 2.24) is 0 Å². The number of carbonyl (C=O) groups excluding carboxylic acids is 2. The highest BCUT2D eigenvalue weighted by molar-refractivity contribution is 5.87. The molecule has 6 nitrogen and oxygen atoms in total. The third-order valence-electron chi connectivity index (χ3n) is 1.62. The van der Waals surface area contributed by atoms with E-state index < -0.39 is 11.9 Å². The third-order valence-corrected chi connectivity index (χ3v) is 1.62. The van der Waals surface area contributed by atoms with Crippen LogP contribution in [0.1, 0.15) is 20.8 Å². The van der Waals surface area contributed by atoms with Crippen LogP contribution in [0.4, 0.5) is 0 Å². The van der Waals surface area contributed by atoms with Crippen LogP contribution in [-0.4, -0.2) is 50.1 Å². The summed E-state index contributed by atoms with van der Waals surface area (Å²) in [4.78, 5) is 21.9. The van der Waals surface area contributed by atoms with Crippen molar-refractivity contribution in [2.75, 3.05) is 33.0 Å². The number of carbonyl (C=O) groups is 2. The van der Waals surface area contributed by atoms with Gasteiger partial charge in [0.2, 0.25) is 0 Å². The Hall–Kier alpha value is -1.92. The highest BCUT2D eigenvalue weighted by Crippen LogP contribution is 1.93. The van der Waals surface area contributed by atoms with E-state index in [9.17, 15) is 9.59 Å². The lowest BCUT2D eigenvalue weighted by atomic mass is 10.4. The minimum absolute atomic E-state index is 0.153. The van der Waals surface area contributed by atoms with Gasteiger partial charge in [-0.15, -0.1) is 13.2 Å². The largest absolute Gasteiger partial charge is 0.460 e. The lowest BCUT2D eigenvalue weighted by molar-refractivity contribution is -0.141. The first-order valence-corrected chi connectivity index (χ1v) is 6.70. The van der Waals surface area contributed by atoms with E-state index >= 15 is 0 Å². The maximum absolute atomic E-state index is 10.9. The van der Waals surface area contributed by atoms with E-state index in [1.165, 1.54) is 0 Å². The molecule has 0 heterocycles. The number of ether oxygens (including phenoxy) is 3. The molecule has 1 N–H and O–H groups in total. The summed E-state index contributed by atoms with van der Waals surface area (Å²) in [6, 6.07) is 0. The number of hydrogen-bond donors (Lipinski definition) is 1. The molecule has 0 atom stereocenters. The maximum atomic E-state index is 10.9. The summed E-state index contributed by atoms with van der Waals surface area (Å²) in [5, 5.41) is 7.57. The van der Waals surface area contributed by atoms with Crippen molar-refractivity contribution in [2.45, 2.75) is 20.8 Å². The molecule has 0 unspecified atom stereocenters. The zero-order chi connectivity index (χ0) is 18.0. The van der Waals surface area contributed by atoms with Crippen molar-refractivity contribution in [3.05, 3.63) is 37.5 Å². The van der Waals surface area contributed by atoms with Gasteiger partial charge in [-0.2, -0.15) is 0 Å². The van der Waals surface area contributed by atoms with E-state index in [-0.39, 0.29) is 33.0 Å². The van der Waals surface area contributed by atoms with Gasteiger partial charge in [0.1, 0.15) is 13.2 Å². The minimum atomic E-state index is -0.442. The molecule has 0 amide bonds. The molecule has 0 aliphatic carbocycles. The molecule has 0 aromatic rings. The SMILES string of the molecule is C=C.C=C(C)C(=O)OCCOCCOC(=O)C(=C)C.CCO. The molecule has 6 heteroatoms. The van der Waals surface area contributed by atoms with Gasteiger partial charge in [-0.3, -0.25) is 0 Å². The molecule has 0 fully saturated rings. The van der Waals surface area contributed by atoms with Gasteiger partial charge in [0.05, 0.1) is 13.2 Å². The quantitative estimate of drug-likeness (QED) is 0.319. The first-order chi connectivity index (χ1) is 10.4. The van der Waals surface area contributed by atoms with Crippen molar-refractivity contribution in [1.29, 1.82) is 0 Å². The standard InChI is InChI=1S/C12H18O5.C2H6O.C2H4/c1-9(2)11(13)16-7-5-15-6-8-17-12(14)10(3)4;1-2-3;1-2/h1,3,5-8H2,2,4H3;3H,2H2,1H3;1-2H2. The van der Waals surface area contributed by atoms with E-state index in [0.717, 1.165) is 0 Å². The van der Waals surface area contributed by atoms with Gasteiger partial charge in [0.25, 0.3) is 0 Å². The van der Waals surface area contributed by atoms with Gasteiger partial charge < -0.3 is 19.3 Å². The summed E-state index contributed by atoms with van der Waals surface area (Å²) in [6.45, 7) is 18.8. The summed E-state index contributed by atoms with van der Waals surface area (Å²) < 4.78 is 14.6. The number of rotatable bonds is 8. The van der Waals surface area contributed by atoms with Crippen molar-refractivity contribution >= 4 is 11.9 Å². The molecule has 128 valence electrons. The number of esters is 2. The lowest BCUT2D eigenvalue weighted by Gasteiger charge is -2.06. The third kappa shape index (κ3) is 20.4. The molecule has 0 bridgehead atoms. The van der Waals surface area contributed by atoms with E-state index in [0.29, 0.717) is 11.1 Å². The number of aliphatic hydroxyl groups is 1. The predicted octanol–water partition coefficient (Wildman–Crippen LogP) is 2.04. The molecular formula is C16H28O6.